The minimum Gasteiger partial charge on any atom is -0.335 e. The van der Waals surface area contributed by atoms with Gasteiger partial charge < -0.3 is 9.80 Å². The fraction of sp³-hybridized carbons (Fsp3) is 0.500. The maximum atomic E-state index is 13.3. The fourth-order valence-corrected chi connectivity index (χ4v) is 5.24. The van der Waals surface area contributed by atoms with Gasteiger partial charge in [0.2, 0.25) is 5.91 Å². The summed E-state index contributed by atoms with van der Waals surface area (Å²) in [5.41, 5.74) is 0.965. The Morgan fingerprint density at radius 1 is 1.00 bits per heavy atom. The first-order valence-corrected chi connectivity index (χ1v) is 12.1. The normalized spacial score (nSPS) is 18.2. The van der Waals surface area contributed by atoms with Crippen LogP contribution in [0.2, 0.25) is 0 Å². The molecule has 0 unspecified atom stereocenters. The predicted octanol–water partition coefficient (Wildman–Crippen LogP) is 4.01. The van der Waals surface area contributed by atoms with Gasteiger partial charge in [0, 0.05) is 38.8 Å². The topological polar surface area (TPSA) is 43.9 Å². The van der Waals surface area contributed by atoms with Crippen molar-refractivity contribution in [2.45, 2.75) is 44.7 Å². The first-order valence-electron chi connectivity index (χ1n) is 11.2. The average Bonchev–Trinajstić information content (AvgIpc) is 3.34. The fourth-order valence-electron chi connectivity index (χ4n) is 4.55. The van der Waals surface area contributed by atoms with Crippen molar-refractivity contribution in [2.24, 2.45) is 0 Å². The lowest BCUT2D eigenvalue weighted by molar-refractivity contribution is -0.136. The number of piperazine rings is 1. The molecule has 31 heavy (non-hydrogen) atoms. The minimum absolute atomic E-state index is 0.0844. The summed E-state index contributed by atoms with van der Waals surface area (Å²) in [7, 11) is 0. The van der Waals surface area contributed by atoms with Crippen LogP contribution in [0.15, 0.2) is 41.8 Å². The molecule has 5 nitrogen and oxygen atoms in total. The number of rotatable bonds is 6. The van der Waals surface area contributed by atoms with E-state index in [2.05, 4.69) is 4.90 Å². The Morgan fingerprint density at radius 3 is 2.35 bits per heavy atom. The zero-order valence-electron chi connectivity index (χ0n) is 17.8. The molecule has 0 radical (unpaired) electrons. The molecule has 2 fully saturated rings. The molecule has 2 amide bonds. The molecule has 1 aliphatic carbocycles. The Bertz CT molecular complexity index is 857. The maximum Gasteiger partial charge on any atom is 0.264 e. The standard InChI is InChI=1S/C24H30FN3O2S/c25-20-10-8-19(9-11-20)17-28(21-5-2-1-3-6-21)23(29)18-26-12-14-27(15-13-26)24(30)22-7-4-16-31-22/h4,7-11,16,21H,1-3,5-6,12-15,17-18H2. The molecule has 2 aromatic rings. The number of hydrogen-bond donors (Lipinski definition) is 0. The van der Waals surface area contributed by atoms with Gasteiger partial charge in [0.25, 0.3) is 5.91 Å². The van der Waals surface area contributed by atoms with E-state index >= 15 is 0 Å². The van der Waals surface area contributed by atoms with Gasteiger partial charge in [0.15, 0.2) is 0 Å². The number of amides is 2. The number of nitrogens with zero attached hydrogens (tertiary/aromatic N) is 3. The first kappa shape index (κ1) is 22.0. The van der Waals surface area contributed by atoms with Crippen molar-refractivity contribution in [3.8, 4) is 0 Å². The van der Waals surface area contributed by atoms with Crippen molar-refractivity contribution in [2.75, 3.05) is 32.7 Å². The van der Waals surface area contributed by atoms with Gasteiger partial charge in [-0.05, 0) is 42.0 Å². The monoisotopic (exact) mass is 443 g/mol. The molecule has 1 saturated carbocycles. The van der Waals surface area contributed by atoms with Crippen LogP contribution in [0.3, 0.4) is 0 Å². The second-order valence-electron chi connectivity index (χ2n) is 8.49. The van der Waals surface area contributed by atoms with E-state index in [0.29, 0.717) is 39.3 Å². The summed E-state index contributed by atoms with van der Waals surface area (Å²) < 4.78 is 13.3. The lowest BCUT2D eigenvalue weighted by atomic mass is 9.93. The van der Waals surface area contributed by atoms with Crippen LogP contribution < -0.4 is 0 Å². The highest BCUT2D eigenvalue weighted by Crippen LogP contribution is 2.25. The van der Waals surface area contributed by atoms with Crippen LogP contribution in [-0.4, -0.2) is 65.3 Å². The molecule has 4 rings (SSSR count). The zero-order chi connectivity index (χ0) is 21.6. The molecule has 0 N–H and O–H groups in total. The van der Waals surface area contributed by atoms with Gasteiger partial charge in [-0.25, -0.2) is 4.39 Å². The zero-order valence-corrected chi connectivity index (χ0v) is 18.7. The summed E-state index contributed by atoms with van der Waals surface area (Å²) in [6, 6.07) is 10.5. The average molecular weight is 444 g/mol. The van der Waals surface area contributed by atoms with Crippen LogP contribution >= 0.6 is 11.3 Å². The summed E-state index contributed by atoms with van der Waals surface area (Å²) in [5, 5.41) is 1.92. The number of carbonyl (C=O) groups excluding carboxylic acids is 2. The number of hydrogen-bond acceptors (Lipinski definition) is 4. The predicted molar refractivity (Wildman–Crippen MR) is 120 cm³/mol. The van der Waals surface area contributed by atoms with E-state index < -0.39 is 0 Å². The van der Waals surface area contributed by atoms with Crippen molar-refractivity contribution >= 4 is 23.2 Å². The molecule has 7 heteroatoms. The van der Waals surface area contributed by atoms with Crippen molar-refractivity contribution < 1.29 is 14.0 Å². The van der Waals surface area contributed by atoms with E-state index in [9.17, 15) is 14.0 Å². The van der Waals surface area contributed by atoms with E-state index in [1.807, 2.05) is 27.3 Å². The highest BCUT2D eigenvalue weighted by Gasteiger charge is 2.29. The minimum atomic E-state index is -0.255. The van der Waals surface area contributed by atoms with Gasteiger partial charge in [-0.2, -0.15) is 0 Å². The molecule has 2 heterocycles. The summed E-state index contributed by atoms with van der Waals surface area (Å²) in [6.07, 6.45) is 5.62. The maximum absolute atomic E-state index is 13.3. The highest BCUT2D eigenvalue weighted by atomic mass is 32.1. The highest BCUT2D eigenvalue weighted by molar-refractivity contribution is 7.12. The van der Waals surface area contributed by atoms with Gasteiger partial charge in [-0.3, -0.25) is 14.5 Å². The van der Waals surface area contributed by atoms with Gasteiger partial charge in [0.05, 0.1) is 11.4 Å². The lowest BCUT2D eigenvalue weighted by Crippen LogP contribution is -2.52. The van der Waals surface area contributed by atoms with Gasteiger partial charge in [0.1, 0.15) is 5.82 Å². The number of halogens is 1. The Balaban J connectivity index is 1.35. The Hall–Kier alpha value is -2.25. The summed E-state index contributed by atoms with van der Waals surface area (Å²) in [6.45, 7) is 3.60. The third-order valence-corrected chi connectivity index (χ3v) is 7.21. The van der Waals surface area contributed by atoms with E-state index in [1.165, 1.54) is 29.9 Å². The van der Waals surface area contributed by atoms with Crippen LogP contribution in [-0.2, 0) is 11.3 Å². The van der Waals surface area contributed by atoms with Crippen molar-refractivity contribution in [3.63, 3.8) is 0 Å². The summed E-state index contributed by atoms with van der Waals surface area (Å²) in [4.78, 5) is 32.7. The van der Waals surface area contributed by atoms with Gasteiger partial charge in [-0.15, -0.1) is 11.3 Å². The third-order valence-electron chi connectivity index (χ3n) is 6.35. The molecular formula is C24H30FN3O2S. The molecule has 1 aromatic heterocycles. The summed E-state index contributed by atoms with van der Waals surface area (Å²) >= 11 is 1.47. The van der Waals surface area contributed by atoms with Crippen molar-refractivity contribution in [1.29, 1.82) is 0 Å². The van der Waals surface area contributed by atoms with E-state index in [-0.39, 0.29) is 23.7 Å². The van der Waals surface area contributed by atoms with E-state index in [4.69, 9.17) is 0 Å². The largest absolute Gasteiger partial charge is 0.335 e. The Kier molecular flexibility index (Phi) is 7.35. The molecule has 0 bridgehead atoms. The molecule has 1 aromatic carbocycles. The van der Waals surface area contributed by atoms with Crippen LogP contribution in [0.1, 0.15) is 47.3 Å². The van der Waals surface area contributed by atoms with Gasteiger partial charge in [-0.1, -0.05) is 37.5 Å². The molecular weight excluding hydrogens is 413 g/mol. The Morgan fingerprint density at radius 2 is 1.71 bits per heavy atom. The SMILES string of the molecule is O=C(c1cccs1)N1CCN(CC(=O)N(Cc2ccc(F)cc2)C2CCCCC2)CC1. The van der Waals surface area contributed by atoms with Crippen LogP contribution in [0.5, 0.6) is 0 Å². The third kappa shape index (κ3) is 5.71. The van der Waals surface area contributed by atoms with E-state index in [1.54, 1.807) is 12.1 Å². The lowest BCUT2D eigenvalue weighted by Gasteiger charge is -2.38. The smallest absolute Gasteiger partial charge is 0.264 e. The molecule has 166 valence electrons. The Labute approximate surface area is 187 Å². The molecule has 1 saturated heterocycles. The molecule has 0 atom stereocenters. The van der Waals surface area contributed by atoms with Crippen molar-refractivity contribution in [1.82, 2.24) is 14.7 Å². The first-order chi connectivity index (χ1) is 15.1. The van der Waals surface area contributed by atoms with Crippen LogP contribution in [0, 0.1) is 5.82 Å². The van der Waals surface area contributed by atoms with Crippen LogP contribution in [0.4, 0.5) is 4.39 Å². The number of thiophene rings is 1. The quantitative estimate of drug-likeness (QED) is 0.678. The van der Waals surface area contributed by atoms with Crippen molar-refractivity contribution in [3.05, 3.63) is 58.0 Å². The van der Waals surface area contributed by atoms with Crippen LogP contribution in [0.25, 0.3) is 0 Å². The number of benzene rings is 1. The second-order valence-corrected chi connectivity index (χ2v) is 9.43. The number of carbonyl (C=O) groups is 2. The van der Waals surface area contributed by atoms with E-state index in [0.717, 1.165) is 36.1 Å². The van der Waals surface area contributed by atoms with Gasteiger partial charge >= 0.3 is 0 Å². The molecule has 2 aliphatic rings. The molecule has 1 aliphatic heterocycles. The molecule has 0 spiro atoms. The summed E-state index contributed by atoms with van der Waals surface area (Å²) in [5.74, 6) is -0.0374. The second kappa shape index (κ2) is 10.4.